The fourth-order valence-electron chi connectivity index (χ4n) is 4.77. The molecule has 5 rings (SSSR count). The maximum Gasteiger partial charge on any atom is 0.337 e. The Morgan fingerprint density at radius 3 is 2.41 bits per heavy atom. The molecule has 0 unspecified atom stereocenters. The average Bonchev–Trinajstić information content (AvgIpc) is 2.88. The van der Waals surface area contributed by atoms with Gasteiger partial charge in [-0.25, -0.2) is 27.5 Å². The van der Waals surface area contributed by atoms with Crippen LogP contribution >= 0.6 is 0 Å². The van der Waals surface area contributed by atoms with Crippen LogP contribution in [-0.2, 0) is 0 Å². The minimum atomic E-state index is -1.20. The number of pyridine rings is 1. The van der Waals surface area contributed by atoms with Crippen molar-refractivity contribution in [3.8, 4) is 11.4 Å². The first kappa shape index (κ1) is 24.3. The fourth-order valence-corrected chi connectivity index (χ4v) is 4.77. The van der Waals surface area contributed by atoms with Crippen LogP contribution in [0, 0.1) is 17.5 Å². The van der Waals surface area contributed by atoms with Crippen LogP contribution in [0.1, 0.15) is 42.1 Å². The molecular weight excluding hydrogens is 489 g/mol. The number of carbonyl (C=O) groups is 1. The molecule has 11 heteroatoms. The van der Waals surface area contributed by atoms with Crippen LogP contribution in [0.4, 0.5) is 13.2 Å². The van der Waals surface area contributed by atoms with E-state index in [4.69, 9.17) is 0 Å². The first-order valence-electron chi connectivity index (χ1n) is 11.6. The van der Waals surface area contributed by atoms with Gasteiger partial charge in [-0.2, -0.15) is 0 Å². The minimum absolute atomic E-state index is 0.0645. The standard InChI is InChI=1S/C26H21F3N4O4/c27-14-11-19-23(30-13-14)32(17-9-10-20(28)21(29)12-17)26(37)33(25(19)36)16-7-5-15(6-8-16)31-24(35)18-3-1-2-4-22(18)34/h1-4,9-13,15-16,34H,5-8H2,(H,31,35)/t15-,16+. The van der Waals surface area contributed by atoms with Crippen molar-refractivity contribution in [2.75, 3.05) is 0 Å². The average molecular weight is 510 g/mol. The van der Waals surface area contributed by atoms with E-state index in [9.17, 15) is 32.7 Å². The fraction of sp³-hybridized carbons (Fsp3) is 0.231. The maximum atomic E-state index is 14.0. The quantitative estimate of drug-likeness (QED) is 0.437. The first-order chi connectivity index (χ1) is 17.7. The van der Waals surface area contributed by atoms with E-state index in [0.717, 1.165) is 33.5 Å². The smallest absolute Gasteiger partial charge is 0.337 e. The molecule has 1 aliphatic rings. The predicted molar refractivity (Wildman–Crippen MR) is 128 cm³/mol. The van der Waals surface area contributed by atoms with E-state index >= 15 is 0 Å². The number of nitrogens with zero attached hydrogens (tertiary/aromatic N) is 3. The Balaban J connectivity index is 1.49. The van der Waals surface area contributed by atoms with Crippen LogP contribution in [0.5, 0.6) is 5.75 Å². The highest BCUT2D eigenvalue weighted by atomic mass is 19.2. The number of benzene rings is 2. The molecular formula is C26H21F3N4O4. The summed E-state index contributed by atoms with van der Waals surface area (Å²) >= 11 is 0. The zero-order valence-electron chi connectivity index (χ0n) is 19.3. The molecule has 4 aromatic rings. The van der Waals surface area contributed by atoms with Gasteiger partial charge in [0.15, 0.2) is 17.3 Å². The molecule has 0 atom stereocenters. The van der Waals surface area contributed by atoms with E-state index in [2.05, 4.69) is 10.3 Å². The number of phenolic OH excluding ortho intramolecular Hbond substituents is 1. The zero-order valence-corrected chi connectivity index (χ0v) is 19.3. The van der Waals surface area contributed by atoms with Gasteiger partial charge in [-0.3, -0.25) is 14.2 Å². The van der Waals surface area contributed by atoms with E-state index in [1.807, 2.05) is 0 Å². The van der Waals surface area contributed by atoms with E-state index in [1.165, 1.54) is 18.2 Å². The summed E-state index contributed by atoms with van der Waals surface area (Å²) in [5.41, 5.74) is -1.66. The Bertz CT molecular complexity index is 1640. The van der Waals surface area contributed by atoms with E-state index < -0.39 is 40.6 Å². The molecule has 37 heavy (non-hydrogen) atoms. The van der Waals surface area contributed by atoms with Crippen LogP contribution in [0.25, 0.3) is 16.7 Å². The van der Waals surface area contributed by atoms with E-state index in [1.54, 1.807) is 12.1 Å². The minimum Gasteiger partial charge on any atom is -0.507 e. The number of hydrogen-bond donors (Lipinski definition) is 2. The first-order valence-corrected chi connectivity index (χ1v) is 11.6. The van der Waals surface area contributed by atoms with Crippen molar-refractivity contribution in [2.45, 2.75) is 37.8 Å². The lowest BCUT2D eigenvalue weighted by atomic mass is 9.90. The highest BCUT2D eigenvalue weighted by Gasteiger charge is 2.28. The number of halogens is 3. The number of rotatable bonds is 4. The monoisotopic (exact) mass is 510 g/mol. The summed E-state index contributed by atoms with van der Waals surface area (Å²) < 4.78 is 43.5. The van der Waals surface area contributed by atoms with Gasteiger partial charge in [0.05, 0.1) is 22.8 Å². The molecule has 0 saturated heterocycles. The van der Waals surface area contributed by atoms with E-state index in [-0.39, 0.29) is 34.1 Å². The van der Waals surface area contributed by atoms with Crippen molar-refractivity contribution in [1.82, 2.24) is 19.4 Å². The van der Waals surface area contributed by atoms with Gasteiger partial charge in [0.2, 0.25) is 0 Å². The van der Waals surface area contributed by atoms with E-state index in [0.29, 0.717) is 25.7 Å². The van der Waals surface area contributed by atoms with Crippen molar-refractivity contribution in [1.29, 1.82) is 0 Å². The number of amides is 1. The number of hydrogen-bond acceptors (Lipinski definition) is 5. The van der Waals surface area contributed by atoms with Gasteiger partial charge in [0.1, 0.15) is 11.6 Å². The normalized spacial score (nSPS) is 17.6. The SMILES string of the molecule is O=C(N[C@H]1CC[C@@H](n2c(=O)c3cc(F)cnc3n(-c3ccc(F)c(F)c3)c2=O)CC1)c1ccccc1O. The van der Waals surface area contributed by atoms with Crippen molar-refractivity contribution in [2.24, 2.45) is 0 Å². The largest absolute Gasteiger partial charge is 0.507 e. The highest BCUT2D eigenvalue weighted by Crippen LogP contribution is 2.28. The Morgan fingerprint density at radius 2 is 1.70 bits per heavy atom. The number of fused-ring (bicyclic) bond motifs is 1. The second-order valence-electron chi connectivity index (χ2n) is 8.91. The molecule has 0 spiro atoms. The lowest BCUT2D eigenvalue weighted by Crippen LogP contribution is -2.45. The summed E-state index contributed by atoms with van der Waals surface area (Å²) in [5, 5.41) is 12.6. The number of phenols is 1. The van der Waals surface area contributed by atoms with Crippen LogP contribution in [-0.4, -0.2) is 31.2 Å². The Kier molecular flexibility index (Phi) is 6.28. The van der Waals surface area contributed by atoms with Gasteiger partial charge in [-0.1, -0.05) is 12.1 Å². The second-order valence-corrected chi connectivity index (χ2v) is 8.91. The highest BCUT2D eigenvalue weighted by molar-refractivity contribution is 5.96. The summed E-state index contributed by atoms with van der Waals surface area (Å²) in [5.74, 6) is -3.68. The third-order valence-electron chi connectivity index (χ3n) is 6.60. The molecule has 2 N–H and O–H groups in total. The molecule has 0 aliphatic heterocycles. The van der Waals surface area contributed by atoms with Crippen LogP contribution in [0.2, 0.25) is 0 Å². The number of nitrogens with one attached hydrogen (secondary N) is 1. The van der Waals surface area contributed by atoms with Gasteiger partial charge in [-0.15, -0.1) is 0 Å². The van der Waals surface area contributed by atoms with Gasteiger partial charge < -0.3 is 10.4 Å². The summed E-state index contributed by atoms with van der Waals surface area (Å²) in [4.78, 5) is 43.3. The number of carbonyl (C=O) groups excluding carboxylic acids is 1. The summed E-state index contributed by atoms with van der Waals surface area (Å²) in [6.45, 7) is 0. The Hall–Kier alpha value is -4.41. The van der Waals surface area contributed by atoms with Crippen LogP contribution in [0.3, 0.4) is 0 Å². The van der Waals surface area contributed by atoms with Crippen molar-refractivity contribution >= 4 is 16.9 Å². The van der Waals surface area contributed by atoms with Crippen LogP contribution in [0.15, 0.2) is 64.3 Å². The summed E-state index contributed by atoms with van der Waals surface area (Å²) in [6, 6.07) is 9.09. The summed E-state index contributed by atoms with van der Waals surface area (Å²) in [6.07, 6.45) is 2.38. The Morgan fingerprint density at radius 1 is 0.973 bits per heavy atom. The second kappa shape index (κ2) is 9.57. The Labute approximate surface area is 207 Å². The molecule has 1 saturated carbocycles. The molecule has 0 bridgehead atoms. The van der Waals surface area contributed by atoms with Crippen LogP contribution < -0.4 is 16.6 Å². The van der Waals surface area contributed by atoms with Gasteiger partial charge in [-0.05, 0) is 56.0 Å². The third-order valence-corrected chi connectivity index (χ3v) is 6.60. The number of aromatic nitrogens is 3. The lowest BCUT2D eigenvalue weighted by Gasteiger charge is -2.30. The molecule has 2 heterocycles. The predicted octanol–water partition coefficient (Wildman–Crippen LogP) is 3.58. The van der Waals surface area contributed by atoms with Crippen molar-refractivity contribution < 1.29 is 23.1 Å². The number of para-hydroxylation sites is 1. The molecule has 2 aromatic carbocycles. The molecule has 2 aromatic heterocycles. The van der Waals surface area contributed by atoms with Gasteiger partial charge >= 0.3 is 5.69 Å². The number of aromatic hydroxyl groups is 1. The van der Waals surface area contributed by atoms with Gasteiger partial charge in [0.25, 0.3) is 11.5 Å². The van der Waals surface area contributed by atoms with Crippen molar-refractivity contribution in [3.05, 3.63) is 98.6 Å². The topological polar surface area (TPSA) is 106 Å². The molecule has 1 amide bonds. The maximum absolute atomic E-state index is 14.0. The molecule has 1 aliphatic carbocycles. The third kappa shape index (κ3) is 4.48. The lowest BCUT2D eigenvalue weighted by molar-refractivity contribution is 0.0919. The molecule has 1 fully saturated rings. The molecule has 190 valence electrons. The van der Waals surface area contributed by atoms with Crippen molar-refractivity contribution in [3.63, 3.8) is 0 Å². The summed E-state index contributed by atoms with van der Waals surface area (Å²) in [7, 11) is 0. The zero-order chi connectivity index (χ0) is 26.3. The van der Waals surface area contributed by atoms with Gasteiger partial charge in [0, 0.05) is 18.2 Å². The molecule has 8 nitrogen and oxygen atoms in total. The molecule has 0 radical (unpaired) electrons.